The second-order valence-electron chi connectivity index (χ2n) is 9.23. The van der Waals surface area contributed by atoms with Gasteiger partial charge in [-0.15, -0.1) is 0 Å². The molecule has 0 unspecified atom stereocenters. The van der Waals surface area contributed by atoms with Gasteiger partial charge in [-0.05, 0) is 57.1 Å². The molecule has 2 atom stereocenters. The van der Waals surface area contributed by atoms with Crippen LogP contribution in [0.15, 0.2) is 18.3 Å². The van der Waals surface area contributed by atoms with E-state index in [2.05, 4.69) is 25.6 Å². The first kappa shape index (κ1) is 23.7. The minimum atomic E-state index is -0.852. The molecule has 186 valence electrons. The first-order valence-corrected chi connectivity index (χ1v) is 12.1. The highest BCUT2D eigenvalue weighted by molar-refractivity contribution is 6.30. The van der Waals surface area contributed by atoms with Crippen molar-refractivity contribution in [3.63, 3.8) is 0 Å². The molecule has 35 heavy (non-hydrogen) atoms. The number of primary amides is 1. The van der Waals surface area contributed by atoms with Gasteiger partial charge in [-0.2, -0.15) is 4.98 Å². The number of nitrogens with one attached hydrogen (secondary N) is 2. The maximum Gasteiger partial charge on any atom is 0.225 e. The monoisotopic (exact) mass is 505 g/mol. The Morgan fingerprint density at radius 2 is 1.83 bits per heavy atom. The van der Waals surface area contributed by atoms with Crippen molar-refractivity contribution < 1.29 is 18.7 Å². The summed E-state index contributed by atoms with van der Waals surface area (Å²) < 4.78 is 30.9. The van der Waals surface area contributed by atoms with E-state index in [0.717, 1.165) is 25.0 Å². The lowest BCUT2D eigenvalue weighted by atomic mass is 9.85. The number of aliphatic hydroxyl groups is 1. The Balaban J connectivity index is 1.54. The van der Waals surface area contributed by atoms with Gasteiger partial charge in [0.1, 0.15) is 11.2 Å². The topological polar surface area (TPSA) is 131 Å². The van der Waals surface area contributed by atoms with Gasteiger partial charge in [-0.1, -0.05) is 11.6 Å². The number of amides is 1. The standard InChI is InChI=1S/C23H26ClF2N7O2/c24-12-8-14(25)19(15(26)9-12)31-23-30-17-10-28-22(29-16-2-1-3-18(16)34)32-21(17)33(23)13-6-4-11(5-7-13)20(27)35/h8-11,13,16,18,34H,1-7H2,(H2,27,35)(H,30,31)(H,28,29,32)/t11-,13+,16-,18-/m1/s1. The van der Waals surface area contributed by atoms with Crippen LogP contribution in [0.4, 0.5) is 26.4 Å². The number of rotatable bonds is 6. The molecule has 9 nitrogen and oxygen atoms in total. The lowest BCUT2D eigenvalue weighted by molar-refractivity contribution is -0.122. The van der Waals surface area contributed by atoms with Crippen LogP contribution in [0.3, 0.4) is 0 Å². The lowest BCUT2D eigenvalue weighted by Gasteiger charge is -2.29. The van der Waals surface area contributed by atoms with Gasteiger partial charge in [-0.25, -0.2) is 18.7 Å². The van der Waals surface area contributed by atoms with Crippen molar-refractivity contribution in [3.8, 4) is 0 Å². The van der Waals surface area contributed by atoms with Crippen molar-refractivity contribution in [1.82, 2.24) is 19.5 Å². The van der Waals surface area contributed by atoms with Gasteiger partial charge in [0, 0.05) is 17.0 Å². The van der Waals surface area contributed by atoms with Gasteiger partial charge < -0.3 is 21.5 Å². The third-order valence-electron chi connectivity index (χ3n) is 6.93. The van der Waals surface area contributed by atoms with Crippen LogP contribution < -0.4 is 16.4 Å². The Labute approximate surface area is 205 Å². The van der Waals surface area contributed by atoms with E-state index in [9.17, 15) is 18.7 Å². The summed E-state index contributed by atoms with van der Waals surface area (Å²) in [6, 6.07) is 1.76. The van der Waals surface area contributed by atoms with Crippen molar-refractivity contribution in [2.75, 3.05) is 10.6 Å². The summed E-state index contributed by atoms with van der Waals surface area (Å²) in [5.41, 5.74) is 6.04. The van der Waals surface area contributed by atoms with E-state index >= 15 is 0 Å². The van der Waals surface area contributed by atoms with Crippen LogP contribution >= 0.6 is 11.6 Å². The average Bonchev–Trinajstić information content (AvgIpc) is 3.38. The predicted octanol–water partition coefficient (Wildman–Crippen LogP) is 4.04. The molecule has 2 saturated carbocycles. The van der Waals surface area contributed by atoms with Gasteiger partial charge in [0.05, 0.1) is 18.3 Å². The van der Waals surface area contributed by atoms with Crippen LogP contribution in [0.1, 0.15) is 51.0 Å². The maximum absolute atomic E-state index is 14.6. The van der Waals surface area contributed by atoms with Crippen molar-refractivity contribution in [2.24, 2.45) is 11.7 Å². The molecule has 2 aliphatic rings. The molecule has 1 aromatic carbocycles. The van der Waals surface area contributed by atoms with Gasteiger partial charge in [0.25, 0.3) is 0 Å². The van der Waals surface area contributed by atoms with Crippen LogP contribution in [0.5, 0.6) is 0 Å². The third-order valence-corrected chi connectivity index (χ3v) is 7.15. The van der Waals surface area contributed by atoms with Crippen LogP contribution in [0, 0.1) is 17.6 Å². The predicted molar refractivity (Wildman–Crippen MR) is 127 cm³/mol. The smallest absolute Gasteiger partial charge is 0.225 e. The summed E-state index contributed by atoms with van der Waals surface area (Å²) in [6.07, 6.45) is 5.91. The molecule has 0 saturated heterocycles. The van der Waals surface area contributed by atoms with Crippen LogP contribution in [-0.2, 0) is 4.79 Å². The number of carbonyl (C=O) groups excluding carboxylic acids is 1. The summed E-state index contributed by atoms with van der Waals surface area (Å²) in [5, 5.41) is 16.1. The van der Waals surface area contributed by atoms with Crippen molar-refractivity contribution in [3.05, 3.63) is 35.0 Å². The molecule has 0 radical (unpaired) electrons. The number of halogens is 3. The van der Waals surface area contributed by atoms with Gasteiger partial charge in [-0.3, -0.25) is 9.36 Å². The van der Waals surface area contributed by atoms with Gasteiger partial charge in [0.2, 0.25) is 17.8 Å². The second kappa shape index (κ2) is 9.54. The normalized spacial score (nSPS) is 24.6. The largest absolute Gasteiger partial charge is 0.391 e. The van der Waals surface area contributed by atoms with E-state index < -0.39 is 17.7 Å². The fraction of sp³-hybridized carbons (Fsp3) is 0.478. The van der Waals surface area contributed by atoms with Gasteiger partial charge in [0.15, 0.2) is 17.3 Å². The third kappa shape index (κ3) is 4.74. The first-order valence-electron chi connectivity index (χ1n) is 11.7. The minimum absolute atomic E-state index is 0.0560. The molecule has 12 heteroatoms. The van der Waals surface area contributed by atoms with E-state index in [4.69, 9.17) is 17.3 Å². The number of nitrogens with zero attached hydrogens (tertiary/aromatic N) is 4. The first-order chi connectivity index (χ1) is 16.8. The molecule has 2 aromatic heterocycles. The number of fused-ring (bicyclic) bond motifs is 1. The maximum atomic E-state index is 14.6. The zero-order valence-corrected chi connectivity index (χ0v) is 19.6. The van der Waals surface area contributed by atoms with E-state index in [1.807, 2.05) is 0 Å². The second-order valence-corrected chi connectivity index (χ2v) is 9.67. The molecular formula is C23H26ClF2N7O2. The number of carbonyl (C=O) groups is 1. The Morgan fingerprint density at radius 3 is 2.46 bits per heavy atom. The van der Waals surface area contributed by atoms with E-state index in [1.54, 1.807) is 4.57 Å². The highest BCUT2D eigenvalue weighted by Crippen LogP contribution is 2.38. The molecule has 2 aliphatic carbocycles. The number of imidazole rings is 1. The van der Waals surface area contributed by atoms with Crippen LogP contribution in [-0.4, -0.2) is 42.7 Å². The molecule has 5 rings (SSSR count). The number of benzene rings is 1. The number of anilines is 3. The highest BCUT2D eigenvalue weighted by atomic mass is 35.5. The van der Waals surface area contributed by atoms with E-state index in [-0.39, 0.29) is 40.6 Å². The molecule has 3 aromatic rings. The average molecular weight is 506 g/mol. The zero-order valence-electron chi connectivity index (χ0n) is 18.8. The molecule has 0 bridgehead atoms. The molecule has 2 fully saturated rings. The molecule has 0 spiro atoms. The highest BCUT2D eigenvalue weighted by Gasteiger charge is 2.30. The number of hydrogen-bond donors (Lipinski definition) is 4. The van der Waals surface area contributed by atoms with E-state index in [1.165, 1.54) is 6.20 Å². The number of nitrogens with two attached hydrogens (primary N) is 1. The summed E-state index contributed by atoms with van der Waals surface area (Å²) >= 11 is 5.77. The fourth-order valence-electron chi connectivity index (χ4n) is 5.06. The van der Waals surface area contributed by atoms with E-state index in [0.29, 0.717) is 49.2 Å². The summed E-state index contributed by atoms with van der Waals surface area (Å²) in [4.78, 5) is 25.2. The van der Waals surface area contributed by atoms with Crippen LogP contribution in [0.25, 0.3) is 11.2 Å². The molecular weight excluding hydrogens is 480 g/mol. The number of aromatic nitrogens is 4. The lowest BCUT2D eigenvalue weighted by Crippen LogP contribution is -2.29. The Bertz CT molecular complexity index is 1240. The quantitative estimate of drug-likeness (QED) is 0.397. The van der Waals surface area contributed by atoms with Crippen LogP contribution in [0.2, 0.25) is 5.02 Å². The Hall–Kier alpha value is -3.05. The zero-order chi connectivity index (χ0) is 24.7. The van der Waals surface area contributed by atoms with Crippen molar-refractivity contribution in [1.29, 1.82) is 0 Å². The fourth-order valence-corrected chi connectivity index (χ4v) is 5.25. The Morgan fingerprint density at radius 1 is 1.11 bits per heavy atom. The molecule has 2 heterocycles. The molecule has 1 amide bonds. The summed E-state index contributed by atoms with van der Waals surface area (Å²) in [7, 11) is 0. The minimum Gasteiger partial charge on any atom is -0.391 e. The van der Waals surface area contributed by atoms with Gasteiger partial charge >= 0.3 is 0 Å². The number of aliphatic hydroxyl groups excluding tert-OH is 1. The SMILES string of the molecule is NC(=O)[C@H]1CC[C@@H](n2c(Nc3c(F)cc(Cl)cc3F)nc3cnc(N[C@@H]4CCC[C@H]4O)nc32)CC1. The summed E-state index contributed by atoms with van der Waals surface area (Å²) in [6.45, 7) is 0. The Kier molecular flexibility index (Phi) is 6.45. The molecule has 0 aliphatic heterocycles. The van der Waals surface area contributed by atoms with Crippen molar-refractivity contribution in [2.45, 2.75) is 63.1 Å². The number of hydrogen-bond acceptors (Lipinski definition) is 7. The van der Waals surface area contributed by atoms with Crippen molar-refractivity contribution >= 4 is 46.3 Å². The molecule has 5 N–H and O–H groups in total. The summed E-state index contributed by atoms with van der Waals surface area (Å²) in [5.74, 6) is -1.70.